The molecule has 11 rings (SSSR count). The van der Waals surface area contributed by atoms with Crippen molar-refractivity contribution in [2.45, 2.75) is 68.3 Å². The van der Waals surface area contributed by atoms with Gasteiger partial charge < -0.3 is 43.4 Å². The summed E-state index contributed by atoms with van der Waals surface area (Å²) in [6.07, 6.45) is 1.91. The van der Waals surface area contributed by atoms with Gasteiger partial charge >= 0.3 is 5.97 Å². The molecule has 17 nitrogen and oxygen atoms in total. The molecule has 0 saturated heterocycles. The quantitative estimate of drug-likeness (QED) is 0.0380. The lowest BCUT2D eigenvalue weighted by Gasteiger charge is -2.37. The number of thiophene rings is 1. The van der Waals surface area contributed by atoms with E-state index >= 15 is 0 Å². The number of halogens is 1. The molecule has 1 saturated carbocycles. The Morgan fingerprint density at radius 1 is 0.716 bits per heavy atom. The minimum atomic E-state index is -4.32. The summed E-state index contributed by atoms with van der Waals surface area (Å²) in [6.45, 7) is 2.97. The molecule has 88 heavy (non-hydrogen) atoms. The number of ether oxygens (including phenoxy) is 7. The van der Waals surface area contributed by atoms with Gasteiger partial charge in [-0.05, 0) is 139 Å². The molecular formula is C68H61ClN4O13S2. The summed E-state index contributed by atoms with van der Waals surface area (Å²) in [5.41, 5.74) is 5.39. The molecule has 1 unspecified atom stereocenters. The minimum Gasteiger partial charge on any atom is -0.508 e. The van der Waals surface area contributed by atoms with Gasteiger partial charge in [0.1, 0.15) is 70.6 Å². The second-order valence-electron chi connectivity index (χ2n) is 20.9. The van der Waals surface area contributed by atoms with Crippen molar-refractivity contribution in [2.75, 3.05) is 34.5 Å². The predicted octanol–water partition coefficient (Wildman–Crippen LogP) is 13.5. The number of hydrogen-bond acceptors (Lipinski definition) is 17. The van der Waals surface area contributed by atoms with Gasteiger partial charge in [-0.25, -0.2) is 24.7 Å². The highest BCUT2D eigenvalue weighted by molar-refractivity contribution is 7.86. The van der Waals surface area contributed by atoms with E-state index in [0.29, 0.717) is 67.0 Å². The first-order chi connectivity index (χ1) is 42.7. The number of hydrogen-bond donors (Lipinski definition) is 2. The predicted molar refractivity (Wildman–Crippen MR) is 334 cm³/mol. The summed E-state index contributed by atoms with van der Waals surface area (Å²) in [6, 6.07) is 48.2. The zero-order valence-corrected chi connectivity index (χ0v) is 51.0. The summed E-state index contributed by atoms with van der Waals surface area (Å²) in [5, 5.41) is 22.3. The van der Waals surface area contributed by atoms with Crippen LogP contribution in [0.5, 0.6) is 40.4 Å². The summed E-state index contributed by atoms with van der Waals surface area (Å²) in [7, 11) is 0.440. The number of nitrogens with zero attached hydrogens (tertiary/aromatic N) is 4. The number of aromatic hydroxyl groups is 1. The third-order valence-electron chi connectivity index (χ3n) is 15.1. The third-order valence-corrected chi connectivity index (χ3v) is 18.2. The summed E-state index contributed by atoms with van der Waals surface area (Å²) in [5.74, 6) is 1.62. The van der Waals surface area contributed by atoms with Crippen LogP contribution in [0.4, 0.5) is 0 Å². The van der Waals surface area contributed by atoms with Crippen molar-refractivity contribution in [3.05, 3.63) is 225 Å². The number of methoxy groups -OCH3 is 3. The van der Waals surface area contributed by atoms with Crippen LogP contribution in [0.1, 0.15) is 62.7 Å². The molecule has 0 aliphatic heterocycles. The number of rotatable bonds is 26. The molecule has 2 N–H and O–H groups in total. The lowest BCUT2D eigenvalue weighted by atomic mass is 9.80. The number of aliphatic carboxylic acids is 1. The van der Waals surface area contributed by atoms with Gasteiger partial charge in [-0.3, -0.25) is 4.18 Å². The molecular weight excluding hydrogens is 1180 g/mol. The van der Waals surface area contributed by atoms with Gasteiger partial charge in [0.05, 0.1) is 54.5 Å². The molecule has 2 atom stereocenters. The highest BCUT2D eigenvalue weighted by atomic mass is 35.5. The normalized spacial score (nSPS) is 13.2. The molecule has 10 aromatic rings. The average Bonchev–Trinajstić information content (AvgIpc) is 1.47. The standard InChI is InChI=1S/C68H61ClN4O13S2/c1-41-15-28-53(29-16-41)88(77,78)84-39-52(38-83-68(45-11-7-6-8-12-45,46-19-24-50(79-3)25-20-46)47-21-26-51(80-4)27-22-47)85-58-32-30-54(42(2)62(58)69)60-61-65(71-40-72-66(61)87-63(60)43-17-18-43)86-59(67(75)76)36-44-35-49(74)23-31-56(44)82-37-48-33-34-70-64(73-48)55-13-9-10-14-57(55)81-5/h6-16,19-35,40,43,52,59,74H,17-18,36-39H2,1-5H3,(H,75,76)/t52-,59?/m1/s1. The lowest BCUT2D eigenvalue weighted by Crippen LogP contribution is -2.39. The summed E-state index contributed by atoms with van der Waals surface area (Å²) < 4.78 is 77.2. The number of benzene rings is 7. The maximum atomic E-state index is 13.9. The average molecular weight is 1240 g/mol. The van der Waals surface area contributed by atoms with Crippen LogP contribution in [0.3, 0.4) is 0 Å². The third kappa shape index (κ3) is 13.1. The van der Waals surface area contributed by atoms with E-state index in [2.05, 4.69) is 15.0 Å². The first-order valence-corrected chi connectivity index (χ1v) is 30.7. The van der Waals surface area contributed by atoms with Crippen LogP contribution in [0.25, 0.3) is 32.7 Å². The monoisotopic (exact) mass is 1240 g/mol. The van der Waals surface area contributed by atoms with E-state index in [1.165, 1.54) is 41.9 Å². The molecule has 20 heteroatoms. The van der Waals surface area contributed by atoms with E-state index in [4.69, 9.17) is 53.9 Å². The SMILES string of the molecule is COc1ccc(C(OC[C@H](COS(=O)(=O)c2ccc(C)cc2)Oc2ccc(-c3c(C4CC4)sc4ncnc(OC(Cc5cc(O)ccc5OCc5ccnc(-c6ccccc6OC)n5)C(=O)O)c34)c(C)c2Cl)(c2ccccc2)c2ccc(OC)cc2)cc1. The molecule has 1 fully saturated rings. The molecule has 3 aromatic heterocycles. The van der Waals surface area contributed by atoms with Gasteiger partial charge in [-0.15, -0.1) is 11.3 Å². The fourth-order valence-corrected chi connectivity index (χ4v) is 12.9. The first kappa shape index (κ1) is 60.6. The van der Waals surface area contributed by atoms with Crippen molar-refractivity contribution in [2.24, 2.45) is 0 Å². The molecule has 1 aliphatic carbocycles. The molecule has 3 heterocycles. The van der Waals surface area contributed by atoms with Gasteiger partial charge in [0, 0.05) is 28.6 Å². The zero-order chi connectivity index (χ0) is 61.5. The Morgan fingerprint density at radius 2 is 1.39 bits per heavy atom. The van der Waals surface area contributed by atoms with Crippen LogP contribution in [-0.4, -0.2) is 91.3 Å². The number of carboxylic acids is 1. The van der Waals surface area contributed by atoms with Crippen LogP contribution < -0.4 is 28.4 Å². The Balaban J connectivity index is 0.919. The van der Waals surface area contributed by atoms with Crippen molar-refractivity contribution >= 4 is 49.2 Å². The highest BCUT2D eigenvalue weighted by Crippen LogP contribution is 2.54. The molecule has 0 radical (unpaired) electrons. The Bertz CT molecular complexity index is 4180. The van der Waals surface area contributed by atoms with Crippen LogP contribution in [0.15, 0.2) is 181 Å². The number of para-hydroxylation sites is 1. The second-order valence-corrected chi connectivity index (χ2v) is 24.0. The van der Waals surface area contributed by atoms with E-state index in [9.17, 15) is 23.4 Å². The molecule has 450 valence electrons. The molecule has 0 bridgehead atoms. The lowest BCUT2D eigenvalue weighted by molar-refractivity contribution is -0.145. The number of phenols is 1. The van der Waals surface area contributed by atoms with Crippen LogP contribution in [-0.2, 0) is 42.5 Å². The number of carbonyl (C=O) groups is 1. The van der Waals surface area contributed by atoms with E-state index in [0.717, 1.165) is 45.5 Å². The fourth-order valence-electron chi connectivity index (χ4n) is 10.4. The molecule has 1 aliphatic rings. The number of aromatic nitrogens is 4. The molecule has 0 spiro atoms. The molecule has 7 aromatic carbocycles. The molecule has 0 amide bonds. The van der Waals surface area contributed by atoms with Crippen molar-refractivity contribution in [3.8, 4) is 62.9 Å². The van der Waals surface area contributed by atoms with E-state index in [1.807, 2.05) is 123 Å². The fraction of sp³-hybridized carbons (Fsp3) is 0.221. The van der Waals surface area contributed by atoms with E-state index in [-0.39, 0.29) is 52.8 Å². The topological polar surface area (TPSA) is 217 Å². The van der Waals surface area contributed by atoms with Crippen molar-refractivity contribution in [1.82, 2.24) is 19.9 Å². The van der Waals surface area contributed by atoms with Crippen molar-refractivity contribution in [3.63, 3.8) is 0 Å². The van der Waals surface area contributed by atoms with Crippen LogP contribution >= 0.6 is 22.9 Å². The highest BCUT2D eigenvalue weighted by Gasteiger charge is 2.40. The summed E-state index contributed by atoms with van der Waals surface area (Å²) in [4.78, 5) is 33.2. The minimum absolute atomic E-state index is 0.0101. The first-order valence-electron chi connectivity index (χ1n) is 28.1. The van der Waals surface area contributed by atoms with Gasteiger partial charge in [0.15, 0.2) is 5.82 Å². The Kier molecular flexibility index (Phi) is 18.2. The van der Waals surface area contributed by atoms with E-state index < -0.39 is 40.5 Å². The number of fused-ring (bicyclic) bond motifs is 1. The number of carboxylic acid groups (broad SMARTS) is 1. The van der Waals surface area contributed by atoms with Gasteiger partial charge in [-0.2, -0.15) is 8.42 Å². The number of phenolic OH excluding ortho intramolecular Hbond substituents is 1. The van der Waals surface area contributed by atoms with Crippen LogP contribution in [0.2, 0.25) is 5.02 Å². The maximum Gasteiger partial charge on any atom is 0.345 e. The second kappa shape index (κ2) is 26.5. The summed E-state index contributed by atoms with van der Waals surface area (Å²) >= 11 is 8.93. The van der Waals surface area contributed by atoms with Gasteiger partial charge in [0.2, 0.25) is 12.0 Å². The smallest absolute Gasteiger partial charge is 0.345 e. The van der Waals surface area contributed by atoms with Crippen molar-refractivity contribution in [1.29, 1.82) is 0 Å². The Morgan fingerprint density at radius 3 is 2.06 bits per heavy atom. The Hall–Kier alpha value is -9.11. The number of aryl methyl sites for hydroxylation is 1. The maximum absolute atomic E-state index is 13.9. The van der Waals surface area contributed by atoms with Gasteiger partial charge in [0.25, 0.3) is 10.1 Å². The van der Waals surface area contributed by atoms with E-state index in [1.54, 1.807) is 57.9 Å². The largest absolute Gasteiger partial charge is 0.508 e. The van der Waals surface area contributed by atoms with Gasteiger partial charge in [-0.1, -0.05) is 102 Å². The van der Waals surface area contributed by atoms with Crippen LogP contribution in [0, 0.1) is 13.8 Å². The Labute approximate surface area is 518 Å². The van der Waals surface area contributed by atoms with Crippen molar-refractivity contribution < 1.29 is 60.8 Å². The zero-order valence-electron chi connectivity index (χ0n) is 48.6.